The van der Waals surface area contributed by atoms with Crippen LogP contribution in [0.15, 0.2) is 53.4 Å². The van der Waals surface area contributed by atoms with Crippen LogP contribution in [0.1, 0.15) is 6.42 Å². The largest absolute Gasteiger partial charge is 0.354 e. The summed E-state index contributed by atoms with van der Waals surface area (Å²) in [6.45, 7) is 0.434. The number of fused-ring (bicyclic) bond motifs is 1. The van der Waals surface area contributed by atoms with Crippen molar-refractivity contribution in [3.8, 4) is 0 Å². The molecule has 2 aromatic carbocycles. The number of anilines is 1. The number of carbonyl (C=O) groups is 2. The maximum absolute atomic E-state index is 12.5. The summed E-state index contributed by atoms with van der Waals surface area (Å²) in [7, 11) is -3.79. The molecule has 2 heterocycles. The van der Waals surface area contributed by atoms with Crippen LogP contribution in [0.25, 0.3) is 11.0 Å². The molecular weight excluding hydrogens is 426 g/mol. The number of carbonyl (C=O) groups excluding carboxylic acids is 2. The molecule has 0 saturated carbocycles. The van der Waals surface area contributed by atoms with Crippen LogP contribution in [-0.2, 0) is 19.6 Å². The lowest BCUT2D eigenvalue weighted by molar-refractivity contribution is -0.126. The number of hydrogen-bond acceptors (Lipinski definition) is 7. The van der Waals surface area contributed by atoms with Crippen LogP contribution in [0.3, 0.4) is 0 Å². The van der Waals surface area contributed by atoms with Crippen molar-refractivity contribution in [3.63, 3.8) is 0 Å². The number of benzene rings is 2. The zero-order chi connectivity index (χ0) is 21.1. The van der Waals surface area contributed by atoms with Crippen LogP contribution in [0.2, 0.25) is 0 Å². The van der Waals surface area contributed by atoms with Crippen molar-refractivity contribution in [1.29, 1.82) is 0 Å². The van der Waals surface area contributed by atoms with Crippen LogP contribution >= 0.6 is 11.7 Å². The first-order valence-corrected chi connectivity index (χ1v) is 11.5. The number of nitrogens with one attached hydrogen (secondary N) is 2. The fraction of sp³-hybridized carbons (Fsp3) is 0.263. The molecule has 1 saturated heterocycles. The quantitative estimate of drug-likeness (QED) is 0.526. The topological polar surface area (TPSA) is 121 Å². The number of amides is 2. The van der Waals surface area contributed by atoms with Crippen molar-refractivity contribution in [1.82, 2.24) is 18.8 Å². The molecule has 0 bridgehead atoms. The Balaban J connectivity index is 1.30. The lowest BCUT2D eigenvalue weighted by atomic mass is 10.1. The lowest BCUT2D eigenvalue weighted by Gasteiger charge is -2.16. The van der Waals surface area contributed by atoms with Gasteiger partial charge in [-0.05, 0) is 24.3 Å². The van der Waals surface area contributed by atoms with Gasteiger partial charge in [-0.2, -0.15) is 8.75 Å². The third kappa shape index (κ3) is 4.18. The number of hydrogen-bond donors (Lipinski definition) is 2. The van der Waals surface area contributed by atoms with Crippen LogP contribution in [-0.4, -0.2) is 48.6 Å². The van der Waals surface area contributed by atoms with E-state index in [1.807, 2.05) is 30.3 Å². The summed E-state index contributed by atoms with van der Waals surface area (Å²) in [6, 6.07) is 14.0. The fourth-order valence-corrected chi connectivity index (χ4v) is 5.13. The predicted molar refractivity (Wildman–Crippen MR) is 113 cm³/mol. The van der Waals surface area contributed by atoms with Gasteiger partial charge in [-0.3, -0.25) is 9.59 Å². The third-order valence-electron chi connectivity index (χ3n) is 4.82. The summed E-state index contributed by atoms with van der Waals surface area (Å²) in [5, 5.41) is 2.70. The minimum Gasteiger partial charge on any atom is -0.354 e. The third-order valence-corrected chi connectivity index (χ3v) is 6.85. The minimum absolute atomic E-state index is 0.0189. The van der Waals surface area contributed by atoms with Gasteiger partial charge in [0.05, 0.1) is 17.6 Å². The number of nitrogens with zero attached hydrogens (tertiary/aromatic N) is 3. The Morgan fingerprint density at radius 3 is 2.70 bits per heavy atom. The van der Waals surface area contributed by atoms with Gasteiger partial charge in [0.25, 0.3) is 0 Å². The summed E-state index contributed by atoms with van der Waals surface area (Å²) in [5.74, 6) is -0.844. The smallest absolute Gasteiger partial charge is 0.242 e. The van der Waals surface area contributed by atoms with E-state index in [0.29, 0.717) is 17.6 Å². The Kier molecular flexibility index (Phi) is 5.75. The standard InChI is InChI=1S/C19H19N5O4S2/c25-17-11-13(12-24(17)14-5-2-1-3-6-14)19(26)20-9-10-21-30(27,28)16-8-4-7-15-18(16)23-29-22-15/h1-8,13,21H,9-12H2,(H,20,26)/t13-/m0/s1. The van der Waals surface area contributed by atoms with E-state index in [-0.39, 0.29) is 36.2 Å². The number of rotatable bonds is 7. The van der Waals surface area contributed by atoms with Gasteiger partial charge in [0.1, 0.15) is 15.9 Å². The zero-order valence-corrected chi connectivity index (χ0v) is 17.4. The summed E-state index contributed by atoms with van der Waals surface area (Å²) in [4.78, 5) is 26.3. The molecule has 1 aliphatic rings. The molecule has 1 fully saturated rings. The SMILES string of the molecule is O=C(NCCNS(=O)(=O)c1cccc2nsnc12)[C@H]1CC(=O)N(c2ccccc2)C1. The molecule has 156 valence electrons. The van der Waals surface area contributed by atoms with E-state index in [1.165, 1.54) is 6.07 Å². The minimum atomic E-state index is -3.79. The molecule has 30 heavy (non-hydrogen) atoms. The Hall–Kier alpha value is -2.89. The lowest BCUT2D eigenvalue weighted by Crippen LogP contribution is -2.38. The highest BCUT2D eigenvalue weighted by Crippen LogP contribution is 2.25. The number of aromatic nitrogens is 2. The molecule has 0 spiro atoms. The van der Waals surface area contributed by atoms with Crippen LogP contribution in [0.4, 0.5) is 5.69 Å². The maximum Gasteiger partial charge on any atom is 0.242 e. The predicted octanol–water partition coefficient (Wildman–Crippen LogP) is 1.14. The van der Waals surface area contributed by atoms with Gasteiger partial charge in [0.2, 0.25) is 21.8 Å². The van der Waals surface area contributed by atoms with E-state index in [0.717, 1.165) is 17.4 Å². The van der Waals surface area contributed by atoms with E-state index < -0.39 is 15.9 Å². The van der Waals surface area contributed by atoms with Gasteiger partial charge in [0.15, 0.2) is 0 Å². The molecule has 3 aromatic rings. The molecular formula is C19H19N5O4S2. The molecule has 0 unspecified atom stereocenters. The Labute approximate surface area is 177 Å². The summed E-state index contributed by atoms with van der Waals surface area (Å²) < 4.78 is 35.6. The molecule has 1 aliphatic heterocycles. The van der Waals surface area contributed by atoms with Crippen LogP contribution < -0.4 is 14.9 Å². The Bertz CT molecular complexity index is 1180. The highest BCUT2D eigenvalue weighted by Gasteiger charge is 2.34. The second-order valence-corrected chi connectivity index (χ2v) is 9.08. The summed E-state index contributed by atoms with van der Waals surface area (Å²) in [5.41, 5.74) is 1.60. The highest BCUT2D eigenvalue weighted by molar-refractivity contribution is 7.89. The van der Waals surface area contributed by atoms with E-state index in [2.05, 4.69) is 18.8 Å². The normalized spacial score (nSPS) is 16.9. The zero-order valence-electron chi connectivity index (χ0n) is 15.8. The van der Waals surface area contributed by atoms with E-state index in [4.69, 9.17) is 0 Å². The van der Waals surface area contributed by atoms with Gasteiger partial charge < -0.3 is 10.2 Å². The van der Waals surface area contributed by atoms with E-state index in [9.17, 15) is 18.0 Å². The fourth-order valence-electron chi connectivity index (χ4n) is 3.33. The number of sulfonamides is 1. The first kappa shape index (κ1) is 20.4. The molecule has 9 nitrogen and oxygen atoms in total. The van der Waals surface area contributed by atoms with Gasteiger partial charge >= 0.3 is 0 Å². The molecule has 4 rings (SSSR count). The maximum atomic E-state index is 12.5. The highest BCUT2D eigenvalue weighted by atomic mass is 32.2. The molecule has 0 aliphatic carbocycles. The Morgan fingerprint density at radius 1 is 1.10 bits per heavy atom. The van der Waals surface area contributed by atoms with Crippen molar-refractivity contribution in [2.75, 3.05) is 24.5 Å². The van der Waals surface area contributed by atoms with Crippen molar-refractivity contribution < 1.29 is 18.0 Å². The van der Waals surface area contributed by atoms with Crippen molar-refractivity contribution >= 4 is 50.3 Å². The van der Waals surface area contributed by atoms with E-state index >= 15 is 0 Å². The van der Waals surface area contributed by atoms with Gasteiger partial charge in [0, 0.05) is 31.7 Å². The molecule has 1 aromatic heterocycles. The first-order chi connectivity index (χ1) is 14.5. The molecule has 2 amide bonds. The second kappa shape index (κ2) is 8.46. The van der Waals surface area contributed by atoms with Crippen molar-refractivity contribution in [2.45, 2.75) is 11.3 Å². The molecule has 1 atom stereocenters. The van der Waals surface area contributed by atoms with Gasteiger partial charge in [-0.25, -0.2) is 13.1 Å². The Morgan fingerprint density at radius 2 is 1.90 bits per heavy atom. The van der Waals surface area contributed by atoms with Crippen molar-refractivity contribution in [3.05, 3.63) is 48.5 Å². The van der Waals surface area contributed by atoms with Gasteiger partial charge in [-0.1, -0.05) is 24.3 Å². The average molecular weight is 446 g/mol. The molecule has 0 radical (unpaired) electrons. The summed E-state index contributed by atoms with van der Waals surface area (Å²) >= 11 is 0.947. The average Bonchev–Trinajstić information content (AvgIpc) is 3.38. The van der Waals surface area contributed by atoms with Crippen LogP contribution in [0, 0.1) is 5.92 Å². The van der Waals surface area contributed by atoms with Crippen molar-refractivity contribution in [2.24, 2.45) is 5.92 Å². The van der Waals surface area contributed by atoms with Gasteiger partial charge in [-0.15, -0.1) is 0 Å². The van der Waals surface area contributed by atoms with E-state index in [1.54, 1.807) is 17.0 Å². The first-order valence-electron chi connectivity index (χ1n) is 9.30. The summed E-state index contributed by atoms with van der Waals surface area (Å²) in [6.07, 6.45) is 0.130. The monoisotopic (exact) mass is 445 g/mol. The molecule has 2 N–H and O–H groups in total. The number of para-hydroxylation sites is 1. The second-order valence-electron chi connectivity index (χ2n) is 6.82. The molecule has 11 heteroatoms. The van der Waals surface area contributed by atoms with Crippen LogP contribution in [0.5, 0.6) is 0 Å².